The number of aryl methyl sites for hydroxylation is 1. The predicted octanol–water partition coefficient (Wildman–Crippen LogP) is 3.81. The third-order valence-corrected chi connectivity index (χ3v) is 5.33. The number of likely N-dealkylation sites (tertiary alicyclic amines) is 1. The first-order valence-electron chi connectivity index (χ1n) is 8.70. The molecule has 1 aliphatic heterocycles. The molecule has 2 atom stereocenters. The molecule has 1 aromatic rings. The summed E-state index contributed by atoms with van der Waals surface area (Å²) in [4.78, 5) is 14.9. The van der Waals surface area contributed by atoms with Gasteiger partial charge in [-0.05, 0) is 55.7 Å². The molecule has 2 unspecified atom stereocenters. The molecule has 3 rings (SSSR count). The van der Waals surface area contributed by atoms with Crippen molar-refractivity contribution in [2.24, 2.45) is 5.92 Å². The number of carbonyl (C=O) groups excluding carboxylic acids is 1. The largest absolute Gasteiger partial charge is 0.497 e. The van der Waals surface area contributed by atoms with Gasteiger partial charge in [0.05, 0.1) is 7.11 Å². The average Bonchev–Trinajstić information content (AvgIpc) is 2.59. The van der Waals surface area contributed by atoms with E-state index in [1.165, 1.54) is 44.1 Å². The van der Waals surface area contributed by atoms with E-state index in [0.717, 1.165) is 24.6 Å². The van der Waals surface area contributed by atoms with E-state index in [1.54, 1.807) is 7.11 Å². The quantitative estimate of drug-likeness (QED) is 0.846. The molecule has 0 radical (unpaired) electrons. The van der Waals surface area contributed by atoms with Crippen molar-refractivity contribution in [3.63, 3.8) is 0 Å². The summed E-state index contributed by atoms with van der Waals surface area (Å²) < 4.78 is 5.25. The number of piperidine rings is 1. The second kappa shape index (κ2) is 7.17. The molecule has 1 heterocycles. The molecule has 120 valence electrons. The number of hydrogen-bond donors (Lipinski definition) is 0. The monoisotopic (exact) mass is 301 g/mol. The second-order valence-electron chi connectivity index (χ2n) is 6.69. The number of methoxy groups -OCH3 is 1. The topological polar surface area (TPSA) is 29.5 Å². The van der Waals surface area contributed by atoms with E-state index in [1.807, 2.05) is 18.2 Å². The summed E-state index contributed by atoms with van der Waals surface area (Å²) in [5, 5.41) is 0. The summed E-state index contributed by atoms with van der Waals surface area (Å²) in [6, 6.07) is 8.59. The molecule has 1 saturated heterocycles. The number of amides is 1. The Morgan fingerprint density at radius 2 is 2.05 bits per heavy atom. The fourth-order valence-electron chi connectivity index (χ4n) is 4.16. The second-order valence-corrected chi connectivity index (χ2v) is 6.69. The molecule has 3 nitrogen and oxygen atoms in total. The van der Waals surface area contributed by atoms with Crippen LogP contribution in [0.2, 0.25) is 0 Å². The van der Waals surface area contributed by atoms with Crippen LogP contribution < -0.4 is 4.74 Å². The zero-order valence-electron chi connectivity index (χ0n) is 13.6. The van der Waals surface area contributed by atoms with Gasteiger partial charge in [0.2, 0.25) is 5.91 Å². The van der Waals surface area contributed by atoms with E-state index in [4.69, 9.17) is 4.74 Å². The SMILES string of the molecule is COc1cccc(CCC(=O)N2CCCC3CCCCC32)c1. The first kappa shape index (κ1) is 15.4. The third-order valence-electron chi connectivity index (χ3n) is 5.33. The van der Waals surface area contributed by atoms with Crippen molar-refractivity contribution in [3.05, 3.63) is 29.8 Å². The number of fused-ring (bicyclic) bond motifs is 1. The normalized spacial score (nSPS) is 24.7. The van der Waals surface area contributed by atoms with Gasteiger partial charge < -0.3 is 9.64 Å². The Morgan fingerprint density at radius 3 is 2.91 bits per heavy atom. The minimum atomic E-state index is 0.347. The zero-order valence-corrected chi connectivity index (χ0v) is 13.6. The first-order chi connectivity index (χ1) is 10.8. The lowest BCUT2D eigenvalue weighted by atomic mass is 9.78. The molecule has 22 heavy (non-hydrogen) atoms. The van der Waals surface area contributed by atoms with E-state index in [0.29, 0.717) is 18.4 Å². The predicted molar refractivity (Wildman–Crippen MR) is 88.0 cm³/mol. The summed E-state index contributed by atoms with van der Waals surface area (Å²) in [5.41, 5.74) is 1.19. The van der Waals surface area contributed by atoms with Crippen molar-refractivity contribution < 1.29 is 9.53 Å². The van der Waals surface area contributed by atoms with E-state index < -0.39 is 0 Å². The Hall–Kier alpha value is -1.51. The molecule has 3 heteroatoms. The van der Waals surface area contributed by atoms with Gasteiger partial charge in [0.25, 0.3) is 0 Å². The number of nitrogens with zero attached hydrogens (tertiary/aromatic N) is 1. The minimum absolute atomic E-state index is 0.347. The van der Waals surface area contributed by atoms with Gasteiger partial charge in [0, 0.05) is 19.0 Å². The Labute approximate surface area is 133 Å². The van der Waals surface area contributed by atoms with Gasteiger partial charge in [-0.1, -0.05) is 25.0 Å². The van der Waals surface area contributed by atoms with Crippen LogP contribution in [0.15, 0.2) is 24.3 Å². The number of rotatable bonds is 4. The summed E-state index contributed by atoms with van der Waals surface area (Å²) in [6.45, 7) is 0.970. The molecule has 0 aromatic heterocycles. The maximum absolute atomic E-state index is 12.7. The maximum atomic E-state index is 12.7. The van der Waals surface area contributed by atoms with Crippen molar-refractivity contribution in [2.45, 2.75) is 57.4 Å². The van der Waals surface area contributed by atoms with Crippen molar-refractivity contribution in [1.82, 2.24) is 4.90 Å². The highest BCUT2D eigenvalue weighted by molar-refractivity contribution is 5.77. The van der Waals surface area contributed by atoms with Gasteiger partial charge in [-0.2, -0.15) is 0 Å². The van der Waals surface area contributed by atoms with E-state index >= 15 is 0 Å². The highest BCUT2D eigenvalue weighted by Crippen LogP contribution is 2.35. The lowest BCUT2D eigenvalue weighted by Gasteiger charge is -2.44. The maximum Gasteiger partial charge on any atom is 0.223 e. The van der Waals surface area contributed by atoms with Crippen LogP contribution in [-0.4, -0.2) is 30.5 Å². The summed E-state index contributed by atoms with van der Waals surface area (Å²) in [7, 11) is 1.68. The Kier molecular flexibility index (Phi) is 5.01. The van der Waals surface area contributed by atoms with Crippen molar-refractivity contribution in [1.29, 1.82) is 0 Å². The smallest absolute Gasteiger partial charge is 0.223 e. The molecule has 1 aliphatic carbocycles. The van der Waals surface area contributed by atoms with E-state index in [2.05, 4.69) is 11.0 Å². The Bertz CT molecular complexity index is 512. The van der Waals surface area contributed by atoms with Gasteiger partial charge in [0.15, 0.2) is 0 Å². The highest BCUT2D eigenvalue weighted by atomic mass is 16.5. The molecule has 1 aromatic carbocycles. The summed E-state index contributed by atoms with van der Waals surface area (Å²) in [5.74, 6) is 1.98. The van der Waals surface area contributed by atoms with Crippen LogP contribution in [0.3, 0.4) is 0 Å². The average molecular weight is 301 g/mol. The van der Waals surface area contributed by atoms with Crippen molar-refractivity contribution in [3.8, 4) is 5.75 Å². The fraction of sp³-hybridized carbons (Fsp3) is 0.632. The molecule has 2 fully saturated rings. The van der Waals surface area contributed by atoms with Crippen LogP contribution in [0.25, 0.3) is 0 Å². The van der Waals surface area contributed by atoms with E-state index in [-0.39, 0.29) is 0 Å². The number of hydrogen-bond acceptors (Lipinski definition) is 2. The summed E-state index contributed by atoms with van der Waals surface area (Å²) in [6.07, 6.45) is 9.13. The van der Waals surface area contributed by atoms with Crippen LogP contribution in [0.1, 0.15) is 50.5 Å². The number of carbonyl (C=O) groups is 1. The van der Waals surface area contributed by atoms with Crippen LogP contribution in [0.5, 0.6) is 5.75 Å². The lowest BCUT2D eigenvalue weighted by Crippen LogP contribution is -2.49. The van der Waals surface area contributed by atoms with Crippen LogP contribution >= 0.6 is 0 Å². The van der Waals surface area contributed by atoms with Crippen LogP contribution in [0, 0.1) is 5.92 Å². The van der Waals surface area contributed by atoms with Gasteiger partial charge in [-0.3, -0.25) is 4.79 Å². The van der Waals surface area contributed by atoms with Gasteiger partial charge >= 0.3 is 0 Å². The van der Waals surface area contributed by atoms with Crippen molar-refractivity contribution >= 4 is 5.91 Å². The van der Waals surface area contributed by atoms with E-state index in [9.17, 15) is 4.79 Å². The molecule has 0 spiro atoms. The van der Waals surface area contributed by atoms with Gasteiger partial charge in [0.1, 0.15) is 5.75 Å². The zero-order chi connectivity index (χ0) is 15.4. The molecular weight excluding hydrogens is 274 g/mol. The minimum Gasteiger partial charge on any atom is -0.497 e. The van der Waals surface area contributed by atoms with Crippen LogP contribution in [0.4, 0.5) is 0 Å². The molecule has 0 bridgehead atoms. The Balaban J connectivity index is 1.58. The lowest BCUT2D eigenvalue weighted by molar-refractivity contribution is -0.137. The summed E-state index contributed by atoms with van der Waals surface area (Å²) >= 11 is 0. The highest BCUT2D eigenvalue weighted by Gasteiger charge is 2.35. The molecular formula is C19H27NO2. The van der Waals surface area contributed by atoms with Gasteiger partial charge in [-0.15, -0.1) is 0 Å². The van der Waals surface area contributed by atoms with Crippen LogP contribution in [-0.2, 0) is 11.2 Å². The molecule has 0 N–H and O–H groups in total. The standard InChI is InChI=1S/C19H27NO2/c1-22-17-9-4-6-15(14-17)11-12-19(21)20-13-5-8-16-7-2-3-10-18(16)20/h4,6,9,14,16,18H,2-3,5,7-8,10-13H2,1H3. The molecule has 2 aliphatic rings. The van der Waals surface area contributed by atoms with Gasteiger partial charge in [-0.25, -0.2) is 0 Å². The number of benzene rings is 1. The fourth-order valence-corrected chi connectivity index (χ4v) is 4.16. The first-order valence-corrected chi connectivity index (χ1v) is 8.70. The van der Waals surface area contributed by atoms with Crippen molar-refractivity contribution in [2.75, 3.05) is 13.7 Å². The molecule has 1 saturated carbocycles. The number of ether oxygens (including phenoxy) is 1. The molecule has 1 amide bonds. The Morgan fingerprint density at radius 1 is 1.23 bits per heavy atom. The third kappa shape index (κ3) is 3.45.